The molecule has 0 aliphatic carbocycles. The molecule has 0 saturated carbocycles. The number of aromatic amines is 2. The maximum Gasteiger partial charge on any atom is 0.245 e. The zero-order valence-corrected chi connectivity index (χ0v) is 69.8. The number of phenols is 2. The predicted molar refractivity (Wildman–Crippen MR) is 451 cm³/mol. The molecule has 0 spiro atoms. The van der Waals surface area contributed by atoms with Gasteiger partial charge in [0.25, 0.3) is 0 Å². The summed E-state index contributed by atoms with van der Waals surface area (Å²) in [5.41, 5.74) is 35.8. The molecule has 13 atom stereocenters. The number of para-hydroxylation sites is 1. The van der Waals surface area contributed by atoms with Gasteiger partial charge in [-0.15, -0.1) is 0 Å². The standard InChI is InChI=1S/C79H119N27O17/c1-40(2)31-55(99-69(116)56(33-44-20-24-48(109)25-21-44)100-70(117)58(35-46-38-90-39-95-46)102-66(113)51(89-6)15-10-28-91-77(83)84)68(115)103-59(36-62(81)111)71(118)101-57(34-45-37-94-50-14-9-8-13-49(45)50)72(119)104-63(41(3)4)74(121)105-64(42(5)107)75(122)96-52(16-11-29-92-78(85)86)67(114)97-53(26-27-61(80)110)76(123)106(7)60(17-12-30-93-79(87)88)73(120)98-54(65(82)112)32-43-18-22-47(108)23-19-43/h8-9,13-14,18-25,37-42,51-60,63-64,89,94,107-109H,10-12,15-17,26-36H2,1-7H3,(H2,80,110)(H2,81,111)(H2,82,112)(H,90,95)(H,96,122)(H,97,114)(H,98,120)(H,99,116)(H,100,117)(H,101,118)(H,102,113)(H,103,115)(H,104,119)(H,105,121)(H4,83,84,91)(H4,85,86,92)(H4,87,88,93)/t42-,51+,52+,53+,54+,55+,56+,57+,58+,59+,60+,63+,64+/m1/s1. The number of carbonyl (C=O) groups excluding carboxylic acids is 14. The Labute approximate surface area is 710 Å². The summed E-state index contributed by atoms with van der Waals surface area (Å²) in [5, 5.41) is 91.3. The summed E-state index contributed by atoms with van der Waals surface area (Å²) < 4.78 is 0. The molecule has 0 aliphatic heterocycles. The molecule has 672 valence electrons. The summed E-state index contributed by atoms with van der Waals surface area (Å²) >= 11 is 0. The van der Waals surface area contributed by atoms with Gasteiger partial charge >= 0.3 is 0 Å². The van der Waals surface area contributed by atoms with Crippen molar-refractivity contribution in [1.82, 2.24) is 94.3 Å². The van der Waals surface area contributed by atoms with Crippen LogP contribution in [0.5, 0.6) is 11.5 Å². The van der Waals surface area contributed by atoms with Crippen LogP contribution in [-0.2, 0) is 92.8 Å². The van der Waals surface area contributed by atoms with Crippen LogP contribution in [0.4, 0.5) is 0 Å². The van der Waals surface area contributed by atoms with Gasteiger partial charge < -0.3 is 139 Å². The quantitative estimate of drug-likeness (QED) is 0.00980. The molecule has 0 aliphatic rings. The van der Waals surface area contributed by atoms with E-state index in [4.69, 9.17) is 50.6 Å². The van der Waals surface area contributed by atoms with Crippen LogP contribution in [0.25, 0.3) is 10.9 Å². The van der Waals surface area contributed by atoms with E-state index in [1.165, 1.54) is 82.0 Å². The van der Waals surface area contributed by atoms with Gasteiger partial charge in [0, 0.05) is 82.1 Å². The number of guanidine groups is 3. The number of nitrogens with zero attached hydrogens (tertiary/aromatic N) is 2. The smallest absolute Gasteiger partial charge is 0.245 e. The number of fused-ring (bicyclic) bond motifs is 1. The normalized spacial score (nSPS) is 14.3. The second-order valence-corrected chi connectivity index (χ2v) is 30.5. The van der Waals surface area contributed by atoms with E-state index >= 15 is 4.79 Å². The Morgan fingerprint density at radius 3 is 1.41 bits per heavy atom. The van der Waals surface area contributed by atoms with E-state index in [1.54, 1.807) is 51.4 Å². The number of H-pyrrole nitrogens is 2. The molecule has 0 radical (unpaired) electrons. The molecule has 44 nitrogen and oxygen atoms in total. The van der Waals surface area contributed by atoms with Gasteiger partial charge in [-0.25, -0.2) is 4.98 Å². The van der Waals surface area contributed by atoms with E-state index in [9.17, 15) is 77.6 Å². The molecule has 14 amide bonds. The van der Waals surface area contributed by atoms with E-state index in [0.717, 1.165) is 11.8 Å². The summed E-state index contributed by atoms with van der Waals surface area (Å²) in [6, 6.07) is -0.398. The fraction of sp³-hybridized carbons (Fsp3) is 0.494. The Kier molecular flexibility index (Phi) is 40.4. The molecule has 5 aromatic rings. The number of aliphatic hydroxyl groups is 1. The molecule has 0 bridgehead atoms. The number of likely N-dealkylation sites (N-methyl/N-ethyl adjacent to an activating group) is 2. The third-order valence-corrected chi connectivity index (χ3v) is 19.7. The number of carbonyl (C=O) groups is 14. The van der Waals surface area contributed by atoms with Gasteiger partial charge in [0.2, 0.25) is 82.7 Å². The van der Waals surface area contributed by atoms with Crippen molar-refractivity contribution in [3.05, 3.63) is 114 Å². The number of rotatable bonds is 53. The van der Waals surface area contributed by atoms with Crippen molar-refractivity contribution >= 4 is 111 Å². The Morgan fingerprint density at radius 1 is 0.463 bits per heavy atom. The molecule has 0 fully saturated rings. The third-order valence-electron chi connectivity index (χ3n) is 19.7. The summed E-state index contributed by atoms with van der Waals surface area (Å²) in [6.07, 6.45) is -0.127. The summed E-state index contributed by atoms with van der Waals surface area (Å²) in [5.74, 6) is -16.5. The molecular formula is C79H119N27O17. The molecule has 34 N–H and O–H groups in total. The number of nitrogens with one attached hydrogen (secondary N) is 19. The highest BCUT2D eigenvalue weighted by atomic mass is 16.3. The lowest BCUT2D eigenvalue weighted by Gasteiger charge is -2.33. The van der Waals surface area contributed by atoms with Gasteiger partial charge in [-0.1, -0.05) is 70.2 Å². The number of nitrogens with two attached hydrogens (primary N) is 6. The topological polar surface area (TPSA) is 743 Å². The number of hydrogen-bond acceptors (Lipinski definition) is 22. The third kappa shape index (κ3) is 34.2. The van der Waals surface area contributed by atoms with Crippen molar-refractivity contribution in [2.75, 3.05) is 33.7 Å². The molecule has 123 heavy (non-hydrogen) atoms. The lowest BCUT2D eigenvalue weighted by atomic mass is 9.99. The highest BCUT2D eigenvalue weighted by Gasteiger charge is 2.40. The average Bonchev–Trinajstić information content (AvgIpc) is 1.14. The van der Waals surface area contributed by atoms with Crippen LogP contribution >= 0.6 is 0 Å². The number of aromatic nitrogens is 3. The Hall–Kier alpha value is -13.7. The Balaban J connectivity index is 1.44. The summed E-state index contributed by atoms with van der Waals surface area (Å²) in [7, 11) is 2.74. The second-order valence-electron chi connectivity index (χ2n) is 30.5. The van der Waals surface area contributed by atoms with Crippen molar-refractivity contribution in [3.8, 4) is 11.5 Å². The number of hydrogen-bond donors (Lipinski definition) is 28. The van der Waals surface area contributed by atoms with Crippen LogP contribution in [0.3, 0.4) is 0 Å². The van der Waals surface area contributed by atoms with Crippen molar-refractivity contribution in [2.24, 2.45) is 46.2 Å². The minimum atomic E-state index is -1.95. The number of imidazole rings is 1. The average molecular weight is 1720 g/mol. The van der Waals surface area contributed by atoms with E-state index in [1.807, 2.05) is 0 Å². The fourth-order valence-electron chi connectivity index (χ4n) is 13.1. The number of primary amides is 3. The van der Waals surface area contributed by atoms with Gasteiger partial charge in [0.1, 0.15) is 78.0 Å². The predicted octanol–water partition coefficient (Wildman–Crippen LogP) is -5.67. The highest BCUT2D eigenvalue weighted by Crippen LogP contribution is 2.22. The lowest BCUT2D eigenvalue weighted by Crippen LogP contribution is -2.63. The largest absolute Gasteiger partial charge is 0.508 e. The summed E-state index contributed by atoms with van der Waals surface area (Å²) in [4.78, 5) is 211. The minimum Gasteiger partial charge on any atom is -0.508 e. The van der Waals surface area contributed by atoms with Gasteiger partial charge in [0.15, 0.2) is 17.9 Å². The SMILES string of the molecule is CN[C@@H](CCCNC(=N)N)C(=O)N[C@@H](Cc1c[nH]cn1)C(=O)N[C@@H](Cc1ccc(O)cc1)C(=O)N[C@@H](CC(C)C)C(=O)N[C@@H](CC(N)=O)C(=O)N[C@@H](Cc1c[nH]c2ccccc12)C(=O)N[C@H](C(=O)N[C@H](C(=O)N[C@@H](CCCNC(=N)N)C(=O)N[C@@H](CCC(N)=O)C(=O)N(C)[C@@H](CCCNC(=N)N)C(=O)N[C@@H](Cc1ccc(O)cc1)C(N)=O)[C@@H](C)O)C(C)C. The zero-order valence-electron chi connectivity index (χ0n) is 69.8. The van der Waals surface area contributed by atoms with Crippen molar-refractivity contribution in [3.63, 3.8) is 0 Å². The van der Waals surface area contributed by atoms with Gasteiger partial charge in [-0.3, -0.25) is 83.4 Å². The zero-order chi connectivity index (χ0) is 91.3. The fourth-order valence-corrected chi connectivity index (χ4v) is 13.1. The van der Waals surface area contributed by atoms with Gasteiger partial charge in [-0.05, 0) is 124 Å². The highest BCUT2D eigenvalue weighted by molar-refractivity contribution is 6.01. The monoisotopic (exact) mass is 1720 g/mol. The molecule has 2 heterocycles. The van der Waals surface area contributed by atoms with Gasteiger partial charge in [0.05, 0.1) is 30.6 Å². The van der Waals surface area contributed by atoms with Gasteiger partial charge in [-0.2, -0.15) is 0 Å². The van der Waals surface area contributed by atoms with Crippen molar-refractivity contribution < 1.29 is 82.4 Å². The van der Waals surface area contributed by atoms with Crippen molar-refractivity contribution in [2.45, 2.75) is 203 Å². The summed E-state index contributed by atoms with van der Waals surface area (Å²) in [6.45, 7) is 7.78. The first-order valence-corrected chi connectivity index (χ1v) is 40.0. The number of amides is 14. The first-order valence-electron chi connectivity index (χ1n) is 40.0. The maximum atomic E-state index is 15.1. The van der Waals surface area contributed by atoms with Crippen LogP contribution in [-0.4, -0.2) is 248 Å². The number of aromatic hydroxyl groups is 2. The molecule has 2 aromatic heterocycles. The van der Waals surface area contributed by atoms with Crippen LogP contribution < -0.4 is 109 Å². The molecular weight excluding hydrogens is 1600 g/mol. The van der Waals surface area contributed by atoms with Crippen LogP contribution in [0.2, 0.25) is 0 Å². The van der Waals surface area contributed by atoms with Crippen LogP contribution in [0, 0.1) is 28.1 Å². The molecule has 0 unspecified atom stereocenters. The Morgan fingerprint density at radius 2 is 0.902 bits per heavy atom. The molecule has 3 aromatic carbocycles. The first-order chi connectivity index (χ1) is 58.1. The minimum absolute atomic E-state index is 0.0254. The number of benzene rings is 3. The van der Waals surface area contributed by atoms with E-state index < -0.39 is 198 Å². The van der Waals surface area contributed by atoms with Crippen LogP contribution in [0.1, 0.15) is 121 Å². The maximum absolute atomic E-state index is 15.1. The van der Waals surface area contributed by atoms with Crippen molar-refractivity contribution in [1.29, 1.82) is 16.2 Å². The number of aliphatic hydroxyl groups excluding tert-OH is 1. The molecule has 44 heteroatoms. The number of phenolic OH excluding ortho intramolecular Hbond substituents is 2. The lowest BCUT2D eigenvalue weighted by molar-refractivity contribution is -0.143. The molecule has 5 rings (SSSR count). The first kappa shape index (κ1) is 99.9. The second kappa shape index (κ2) is 49.8. The Bertz CT molecular complexity index is 4450. The molecule has 0 saturated heterocycles. The van der Waals surface area contributed by atoms with Crippen LogP contribution in [0.15, 0.2) is 91.5 Å². The van der Waals surface area contributed by atoms with E-state index in [2.05, 4.69) is 89.4 Å². The van der Waals surface area contributed by atoms with E-state index in [0.29, 0.717) is 39.7 Å². The van der Waals surface area contributed by atoms with E-state index in [-0.39, 0.29) is 107 Å².